The van der Waals surface area contributed by atoms with E-state index in [0.29, 0.717) is 11.5 Å². The summed E-state index contributed by atoms with van der Waals surface area (Å²) in [5, 5.41) is 3.19. The molecule has 1 aromatic heterocycles. The van der Waals surface area contributed by atoms with Crippen LogP contribution in [0.15, 0.2) is 36.7 Å². The van der Waals surface area contributed by atoms with Crippen LogP contribution in [-0.2, 0) is 0 Å². The van der Waals surface area contributed by atoms with Crippen LogP contribution < -0.4 is 10.2 Å². The van der Waals surface area contributed by atoms with Crippen molar-refractivity contribution in [3.8, 4) is 0 Å². The van der Waals surface area contributed by atoms with Crippen molar-refractivity contribution in [3.05, 3.63) is 42.5 Å². The van der Waals surface area contributed by atoms with Crippen molar-refractivity contribution < 1.29 is 4.39 Å². The monoisotopic (exact) mass is 260 g/mol. The van der Waals surface area contributed by atoms with Crippen molar-refractivity contribution in [2.45, 2.75) is 19.9 Å². The van der Waals surface area contributed by atoms with Gasteiger partial charge in [-0.05, 0) is 26.0 Å². The highest BCUT2D eigenvalue weighted by Crippen LogP contribution is 2.25. The van der Waals surface area contributed by atoms with Gasteiger partial charge in [0, 0.05) is 19.2 Å². The Morgan fingerprint density at radius 3 is 2.63 bits per heavy atom. The van der Waals surface area contributed by atoms with Gasteiger partial charge in [0.1, 0.15) is 23.8 Å². The maximum atomic E-state index is 13.7. The van der Waals surface area contributed by atoms with Crippen LogP contribution in [0.2, 0.25) is 0 Å². The molecule has 0 fully saturated rings. The summed E-state index contributed by atoms with van der Waals surface area (Å²) in [6, 6.07) is 8.68. The Morgan fingerprint density at radius 1 is 1.21 bits per heavy atom. The Labute approximate surface area is 112 Å². The minimum Gasteiger partial charge on any atom is -0.368 e. The number of benzene rings is 1. The smallest absolute Gasteiger partial charge is 0.146 e. The van der Waals surface area contributed by atoms with Crippen LogP contribution in [0.5, 0.6) is 0 Å². The van der Waals surface area contributed by atoms with E-state index in [9.17, 15) is 4.39 Å². The normalized spacial score (nSPS) is 10.6. The lowest BCUT2D eigenvalue weighted by Gasteiger charge is -2.19. The van der Waals surface area contributed by atoms with Gasteiger partial charge in [-0.2, -0.15) is 0 Å². The molecule has 0 aliphatic carbocycles. The fraction of sp³-hybridized carbons (Fsp3) is 0.286. The zero-order valence-corrected chi connectivity index (χ0v) is 11.3. The lowest BCUT2D eigenvalue weighted by atomic mass is 10.3. The molecule has 1 aromatic carbocycles. The molecule has 4 nitrogen and oxygen atoms in total. The number of rotatable bonds is 4. The summed E-state index contributed by atoms with van der Waals surface area (Å²) in [6.45, 7) is 4.06. The van der Waals surface area contributed by atoms with E-state index in [1.54, 1.807) is 36.2 Å². The molecule has 1 N–H and O–H groups in total. The molecule has 0 aliphatic rings. The first kappa shape index (κ1) is 13.3. The maximum Gasteiger partial charge on any atom is 0.146 e. The molecule has 0 unspecified atom stereocenters. The molecule has 2 rings (SSSR count). The molecule has 100 valence electrons. The Kier molecular flexibility index (Phi) is 3.94. The Morgan fingerprint density at radius 2 is 1.95 bits per heavy atom. The molecule has 1 heterocycles. The summed E-state index contributed by atoms with van der Waals surface area (Å²) in [4.78, 5) is 10.0. The van der Waals surface area contributed by atoms with E-state index in [-0.39, 0.29) is 11.9 Å². The Bertz CT molecular complexity index is 557. The third-order valence-corrected chi connectivity index (χ3v) is 2.65. The van der Waals surface area contributed by atoms with Crippen molar-refractivity contribution in [1.29, 1.82) is 0 Å². The molecular weight excluding hydrogens is 243 g/mol. The average molecular weight is 260 g/mol. The van der Waals surface area contributed by atoms with Gasteiger partial charge in [0.15, 0.2) is 0 Å². The first-order chi connectivity index (χ1) is 9.08. The van der Waals surface area contributed by atoms with Crippen molar-refractivity contribution in [1.82, 2.24) is 9.97 Å². The van der Waals surface area contributed by atoms with Crippen LogP contribution in [0.1, 0.15) is 13.8 Å². The van der Waals surface area contributed by atoms with Crippen LogP contribution in [0.3, 0.4) is 0 Å². The summed E-state index contributed by atoms with van der Waals surface area (Å²) < 4.78 is 13.7. The molecule has 0 saturated heterocycles. The van der Waals surface area contributed by atoms with Crippen molar-refractivity contribution in [2.24, 2.45) is 0 Å². The predicted octanol–water partition coefficient (Wildman–Crippen LogP) is 3.20. The molecule has 0 bridgehead atoms. The van der Waals surface area contributed by atoms with Crippen LogP contribution in [0.25, 0.3) is 0 Å². The number of anilines is 3. The van der Waals surface area contributed by atoms with E-state index in [2.05, 4.69) is 15.3 Å². The maximum absolute atomic E-state index is 13.7. The third kappa shape index (κ3) is 3.19. The number of nitrogens with zero attached hydrogens (tertiary/aromatic N) is 3. The van der Waals surface area contributed by atoms with E-state index in [4.69, 9.17) is 0 Å². The Hall–Kier alpha value is -2.17. The molecule has 0 atom stereocenters. The minimum atomic E-state index is -0.276. The number of para-hydroxylation sites is 1. The van der Waals surface area contributed by atoms with Gasteiger partial charge in [-0.15, -0.1) is 0 Å². The average Bonchev–Trinajstić information content (AvgIpc) is 2.38. The van der Waals surface area contributed by atoms with Gasteiger partial charge in [0.05, 0.1) is 5.69 Å². The van der Waals surface area contributed by atoms with Crippen LogP contribution in [0.4, 0.5) is 21.7 Å². The molecule has 0 aliphatic heterocycles. The summed E-state index contributed by atoms with van der Waals surface area (Å²) in [5.74, 6) is 1.09. The predicted molar refractivity (Wildman–Crippen MR) is 75.3 cm³/mol. The van der Waals surface area contributed by atoms with E-state index in [1.807, 2.05) is 13.8 Å². The highest BCUT2D eigenvalue weighted by molar-refractivity contribution is 5.61. The van der Waals surface area contributed by atoms with E-state index in [1.165, 1.54) is 12.4 Å². The highest BCUT2D eigenvalue weighted by atomic mass is 19.1. The molecular formula is C14H17FN4. The first-order valence-corrected chi connectivity index (χ1v) is 6.15. The van der Waals surface area contributed by atoms with Gasteiger partial charge in [0.2, 0.25) is 0 Å². The van der Waals surface area contributed by atoms with E-state index < -0.39 is 0 Å². The quantitative estimate of drug-likeness (QED) is 0.916. The van der Waals surface area contributed by atoms with Crippen molar-refractivity contribution in [3.63, 3.8) is 0 Å². The molecule has 0 saturated carbocycles. The van der Waals surface area contributed by atoms with Crippen LogP contribution >= 0.6 is 0 Å². The lowest BCUT2D eigenvalue weighted by molar-refractivity contribution is 0.627. The Balaban J connectivity index is 2.29. The molecule has 0 radical (unpaired) electrons. The second-order valence-electron chi connectivity index (χ2n) is 4.57. The van der Waals surface area contributed by atoms with Gasteiger partial charge in [-0.1, -0.05) is 12.1 Å². The topological polar surface area (TPSA) is 41.0 Å². The minimum absolute atomic E-state index is 0.276. The molecule has 5 heteroatoms. The fourth-order valence-electron chi connectivity index (χ4n) is 1.75. The largest absolute Gasteiger partial charge is 0.368 e. The first-order valence-electron chi connectivity index (χ1n) is 6.15. The van der Waals surface area contributed by atoms with Gasteiger partial charge < -0.3 is 10.2 Å². The fourth-order valence-corrected chi connectivity index (χ4v) is 1.75. The van der Waals surface area contributed by atoms with Crippen LogP contribution in [-0.4, -0.2) is 23.1 Å². The number of hydrogen-bond acceptors (Lipinski definition) is 4. The second-order valence-corrected chi connectivity index (χ2v) is 4.57. The summed E-state index contributed by atoms with van der Waals surface area (Å²) in [6.07, 6.45) is 1.47. The number of hydrogen-bond donors (Lipinski definition) is 1. The summed E-state index contributed by atoms with van der Waals surface area (Å²) in [5.41, 5.74) is 0.483. The van der Waals surface area contributed by atoms with Gasteiger partial charge in [-0.3, -0.25) is 0 Å². The summed E-state index contributed by atoms with van der Waals surface area (Å²) >= 11 is 0. The highest BCUT2D eigenvalue weighted by Gasteiger charge is 2.10. The lowest BCUT2D eigenvalue weighted by Crippen LogP contribution is -2.15. The van der Waals surface area contributed by atoms with Crippen LogP contribution in [0, 0.1) is 5.82 Å². The molecule has 0 amide bonds. The third-order valence-electron chi connectivity index (χ3n) is 2.65. The number of nitrogens with one attached hydrogen (secondary N) is 1. The van der Waals surface area contributed by atoms with Gasteiger partial charge in [-0.25, -0.2) is 14.4 Å². The molecule has 19 heavy (non-hydrogen) atoms. The molecule has 0 spiro atoms. The van der Waals surface area contributed by atoms with Gasteiger partial charge in [0.25, 0.3) is 0 Å². The van der Waals surface area contributed by atoms with Crippen molar-refractivity contribution in [2.75, 3.05) is 17.3 Å². The zero-order valence-electron chi connectivity index (χ0n) is 11.3. The standard InChI is InChI=1S/C14H17FN4/c1-10(2)18-13-8-14(17-9-16-13)19(3)12-7-5-4-6-11(12)15/h4-10H,1-3H3,(H,16,17,18). The summed E-state index contributed by atoms with van der Waals surface area (Å²) in [7, 11) is 1.78. The van der Waals surface area contributed by atoms with E-state index in [0.717, 1.165) is 5.82 Å². The van der Waals surface area contributed by atoms with E-state index >= 15 is 0 Å². The second kappa shape index (κ2) is 5.65. The number of aromatic nitrogens is 2. The van der Waals surface area contributed by atoms with Gasteiger partial charge >= 0.3 is 0 Å². The zero-order chi connectivity index (χ0) is 13.8. The van der Waals surface area contributed by atoms with Crippen molar-refractivity contribution >= 4 is 17.3 Å². The number of halogens is 1. The molecule has 2 aromatic rings. The SMILES string of the molecule is CC(C)Nc1cc(N(C)c2ccccc2F)ncn1.